The molecule has 0 radical (unpaired) electrons. The summed E-state index contributed by atoms with van der Waals surface area (Å²) in [4.78, 5) is 12.9. The van der Waals surface area contributed by atoms with Crippen LogP contribution < -0.4 is 14.8 Å². The highest BCUT2D eigenvalue weighted by atomic mass is 35.5. The molecule has 7 nitrogen and oxygen atoms in total. The average molecular weight is 450 g/mol. The molecule has 0 unspecified atom stereocenters. The number of hydrogen-bond donors (Lipinski definition) is 1. The first-order chi connectivity index (χ1) is 15.5. The number of hydrogen-bond acceptors (Lipinski definition) is 6. The lowest BCUT2D eigenvalue weighted by Gasteiger charge is -2.14. The van der Waals surface area contributed by atoms with Gasteiger partial charge in [0.2, 0.25) is 12.3 Å². The van der Waals surface area contributed by atoms with Crippen molar-refractivity contribution in [3.8, 4) is 23.0 Å². The fraction of sp³-hybridized carbons (Fsp3) is 0.125. The first-order valence-corrected chi connectivity index (χ1v) is 10.2. The Kier molecular flexibility index (Phi) is 6.37. The fourth-order valence-corrected chi connectivity index (χ4v) is 3.27. The molecule has 0 bridgehead atoms. The predicted molar refractivity (Wildman–Crippen MR) is 121 cm³/mol. The van der Waals surface area contributed by atoms with Gasteiger partial charge in [0, 0.05) is 27.4 Å². The van der Waals surface area contributed by atoms with Gasteiger partial charge in [-0.15, -0.1) is 10.2 Å². The lowest BCUT2D eigenvalue weighted by Crippen LogP contribution is -2.13. The molecule has 162 valence electrons. The molecule has 0 aliphatic rings. The van der Waals surface area contributed by atoms with Gasteiger partial charge in [-0.1, -0.05) is 35.9 Å². The van der Waals surface area contributed by atoms with Crippen molar-refractivity contribution in [2.24, 2.45) is 0 Å². The van der Waals surface area contributed by atoms with Crippen LogP contribution in [0.3, 0.4) is 0 Å². The van der Waals surface area contributed by atoms with E-state index in [-0.39, 0.29) is 12.5 Å². The molecule has 1 aromatic heterocycles. The SMILES string of the molecule is COc1cc(C(=O)Nc2cc(-c3nnco3)ccc2C)ccc1OCc1ccccc1Cl. The predicted octanol–water partition coefficient (Wildman–Crippen LogP) is 5.54. The first kappa shape index (κ1) is 21.4. The number of benzene rings is 3. The van der Waals surface area contributed by atoms with E-state index in [1.807, 2.05) is 37.3 Å². The van der Waals surface area contributed by atoms with E-state index in [9.17, 15) is 4.79 Å². The molecule has 8 heteroatoms. The van der Waals surface area contributed by atoms with E-state index in [2.05, 4.69) is 15.5 Å². The van der Waals surface area contributed by atoms with Crippen molar-refractivity contribution in [1.29, 1.82) is 0 Å². The Hall–Kier alpha value is -3.84. The van der Waals surface area contributed by atoms with Gasteiger partial charge in [-0.05, 0) is 48.9 Å². The quantitative estimate of drug-likeness (QED) is 0.398. The minimum Gasteiger partial charge on any atom is -0.493 e. The van der Waals surface area contributed by atoms with Crippen LogP contribution in [0.1, 0.15) is 21.5 Å². The maximum Gasteiger partial charge on any atom is 0.255 e. The molecule has 4 aromatic rings. The Morgan fingerprint density at radius 2 is 1.94 bits per heavy atom. The van der Waals surface area contributed by atoms with Crippen LogP contribution >= 0.6 is 11.6 Å². The number of halogens is 1. The van der Waals surface area contributed by atoms with E-state index in [4.69, 9.17) is 25.5 Å². The maximum absolute atomic E-state index is 12.9. The number of nitrogens with zero attached hydrogens (tertiary/aromatic N) is 2. The summed E-state index contributed by atoms with van der Waals surface area (Å²) < 4.78 is 16.5. The van der Waals surface area contributed by atoms with Crippen molar-refractivity contribution in [2.75, 3.05) is 12.4 Å². The van der Waals surface area contributed by atoms with Crippen LogP contribution in [0.15, 0.2) is 71.5 Å². The summed E-state index contributed by atoms with van der Waals surface area (Å²) in [6.45, 7) is 2.18. The number of rotatable bonds is 7. The molecule has 0 saturated heterocycles. The Morgan fingerprint density at radius 3 is 2.69 bits per heavy atom. The summed E-state index contributed by atoms with van der Waals surface area (Å²) in [5, 5.41) is 11.1. The second-order valence-electron chi connectivity index (χ2n) is 6.97. The lowest BCUT2D eigenvalue weighted by molar-refractivity contribution is 0.102. The summed E-state index contributed by atoms with van der Waals surface area (Å²) in [6, 6.07) is 18.0. The zero-order chi connectivity index (χ0) is 22.5. The molecule has 0 spiro atoms. The second kappa shape index (κ2) is 9.53. The largest absolute Gasteiger partial charge is 0.493 e. The van der Waals surface area contributed by atoms with E-state index in [0.717, 1.165) is 11.1 Å². The van der Waals surface area contributed by atoms with Crippen molar-refractivity contribution >= 4 is 23.2 Å². The fourth-order valence-electron chi connectivity index (χ4n) is 3.08. The van der Waals surface area contributed by atoms with Gasteiger partial charge < -0.3 is 19.2 Å². The highest BCUT2D eigenvalue weighted by molar-refractivity contribution is 6.31. The van der Waals surface area contributed by atoms with Gasteiger partial charge >= 0.3 is 0 Å². The van der Waals surface area contributed by atoms with E-state index >= 15 is 0 Å². The topological polar surface area (TPSA) is 86.5 Å². The van der Waals surface area contributed by atoms with Gasteiger partial charge in [0.25, 0.3) is 5.91 Å². The standard InChI is InChI=1S/C24H20ClN3O4/c1-15-7-8-17(24-28-26-14-32-24)11-20(15)27-23(29)16-9-10-21(22(12-16)30-2)31-13-18-5-3-4-6-19(18)25/h3-12,14H,13H2,1-2H3,(H,27,29). The van der Waals surface area contributed by atoms with Crippen molar-refractivity contribution in [1.82, 2.24) is 10.2 Å². The third kappa shape index (κ3) is 4.73. The molecular weight excluding hydrogens is 430 g/mol. The number of anilines is 1. The Morgan fingerprint density at radius 1 is 1.09 bits per heavy atom. The van der Waals surface area contributed by atoms with Gasteiger partial charge in [-0.2, -0.15) is 0 Å². The molecule has 4 rings (SSSR count). The number of amides is 1. The maximum atomic E-state index is 12.9. The van der Waals surface area contributed by atoms with Gasteiger partial charge in [0.1, 0.15) is 6.61 Å². The van der Waals surface area contributed by atoms with Gasteiger partial charge in [0.15, 0.2) is 11.5 Å². The van der Waals surface area contributed by atoms with Crippen molar-refractivity contribution in [3.05, 3.63) is 88.8 Å². The average Bonchev–Trinajstić information content (AvgIpc) is 3.35. The van der Waals surface area contributed by atoms with Crippen LogP contribution in [0.25, 0.3) is 11.5 Å². The van der Waals surface area contributed by atoms with Gasteiger partial charge in [-0.3, -0.25) is 4.79 Å². The van der Waals surface area contributed by atoms with E-state index in [0.29, 0.717) is 39.2 Å². The van der Waals surface area contributed by atoms with Crippen LogP contribution in [0.2, 0.25) is 5.02 Å². The number of carbonyl (C=O) groups excluding carboxylic acids is 1. The molecular formula is C24H20ClN3O4. The van der Waals surface area contributed by atoms with Crippen molar-refractivity contribution in [3.63, 3.8) is 0 Å². The molecule has 1 N–H and O–H groups in total. The second-order valence-corrected chi connectivity index (χ2v) is 7.38. The number of carbonyl (C=O) groups is 1. The number of ether oxygens (including phenoxy) is 2. The number of aryl methyl sites for hydroxylation is 1. The zero-order valence-electron chi connectivity index (χ0n) is 17.5. The molecule has 0 aliphatic heterocycles. The van der Waals surface area contributed by atoms with Crippen LogP contribution in [0.5, 0.6) is 11.5 Å². The Balaban J connectivity index is 1.51. The normalized spacial score (nSPS) is 10.6. The smallest absolute Gasteiger partial charge is 0.255 e. The minimum absolute atomic E-state index is 0.281. The van der Waals surface area contributed by atoms with E-state index in [1.165, 1.54) is 13.5 Å². The molecule has 3 aromatic carbocycles. The number of nitrogens with one attached hydrogen (secondary N) is 1. The Bertz CT molecular complexity index is 1240. The zero-order valence-corrected chi connectivity index (χ0v) is 18.2. The molecule has 0 aliphatic carbocycles. The summed E-state index contributed by atoms with van der Waals surface area (Å²) in [5.74, 6) is 1.05. The van der Waals surface area contributed by atoms with Crippen LogP contribution in [0, 0.1) is 6.92 Å². The third-order valence-electron chi connectivity index (χ3n) is 4.86. The Labute approximate surface area is 190 Å². The van der Waals surface area contributed by atoms with Gasteiger partial charge in [0.05, 0.1) is 7.11 Å². The summed E-state index contributed by atoms with van der Waals surface area (Å²) >= 11 is 6.19. The summed E-state index contributed by atoms with van der Waals surface area (Å²) in [6.07, 6.45) is 1.26. The lowest BCUT2D eigenvalue weighted by atomic mass is 10.1. The molecule has 1 heterocycles. The highest BCUT2D eigenvalue weighted by Crippen LogP contribution is 2.30. The summed E-state index contributed by atoms with van der Waals surface area (Å²) in [5.41, 5.74) is 3.53. The molecule has 0 fully saturated rings. The molecule has 32 heavy (non-hydrogen) atoms. The van der Waals surface area contributed by atoms with Crippen molar-refractivity contribution < 1.29 is 18.7 Å². The number of methoxy groups -OCH3 is 1. The number of aromatic nitrogens is 2. The van der Waals surface area contributed by atoms with Crippen LogP contribution in [-0.2, 0) is 6.61 Å². The van der Waals surface area contributed by atoms with Gasteiger partial charge in [-0.25, -0.2) is 0 Å². The molecule has 1 amide bonds. The third-order valence-corrected chi connectivity index (χ3v) is 5.23. The molecule has 0 saturated carbocycles. The monoisotopic (exact) mass is 449 g/mol. The molecule has 0 atom stereocenters. The summed E-state index contributed by atoms with van der Waals surface area (Å²) in [7, 11) is 1.53. The van der Waals surface area contributed by atoms with E-state index in [1.54, 1.807) is 30.3 Å². The first-order valence-electron chi connectivity index (χ1n) is 9.78. The van der Waals surface area contributed by atoms with Crippen LogP contribution in [-0.4, -0.2) is 23.2 Å². The van der Waals surface area contributed by atoms with E-state index < -0.39 is 0 Å². The highest BCUT2D eigenvalue weighted by Gasteiger charge is 2.14. The van der Waals surface area contributed by atoms with Crippen LogP contribution in [0.4, 0.5) is 5.69 Å². The minimum atomic E-state index is -0.285. The van der Waals surface area contributed by atoms with Crippen molar-refractivity contribution in [2.45, 2.75) is 13.5 Å².